The number of nitrogens with zero attached hydrogens (tertiary/aromatic N) is 1. The summed E-state index contributed by atoms with van der Waals surface area (Å²) in [5.74, 6) is -0.112. The number of amides is 2. The SMILES string of the molecule is CC1CCCC(N(C)C(=O)NCC2(C(=O)O)CCC2)C1. The summed E-state index contributed by atoms with van der Waals surface area (Å²) in [6.07, 6.45) is 6.81. The fraction of sp³-hybridized carbons (Fsp3) is 0.867. The molecule has 2 rings (SSSR count). The summed E-state index contributed by atoms with van der Waals surface area (Å²) >= 11 is 0. The van der Waals surface area contributed by atoms with Gasteiger partial charge in [-0.2, -0.15) is 0 Å². The molecule has 0 spiro atoms. The fourth-order valence-electron chi connectivity index (χ4n) is 3.36. The van der Waals surface area contributed by atoms with Crippen LogP contribution >= 0.6 is 0 Å². The van der Waals surface area contributed by atoms with E-state index in [1.165, 1.54) is 12.8 Å². The van der Waals surface area contributed by atoms with Gasteiger partial charge in [0.1, 0.15) is 0 Å². The van der Waals surface area contributed by atoms with Crippen LogP contribution in [0, 0.1) is 11.3 Å². The molecule has 2 fully saturated rings. The molecule has 5 heteroatoms. The lowest BCUT2D eigenvalue weighted by Crippen LogP contribution is -2.52. The molecule has 5 nitrogen and oxygen atoms in total. The molecule has 2 aliphatic rings. The molecule has 0 heterocycles. The lowest BCUT2D eigenvalue weighted by atomic mass is 9.69. The Morgan fingerprint density at radius 2 is 2.00 bits per heavy atom. The van der Waals surface area contributed by atoms with Crippen LogP contribution in [0.3, 0.4) is 0 Å². The molecule has 0 bridgehead atoms. The van der Waals surface area contributed by atoms with Gasteiger partial charge in [-0.1, -0.05) is 26.2 Å². The van der Waals surface area contributed by atoms with E-state index < -0.39 is 11.4 Å². The third kappa shape index (κ3) is 3.07. The number of nitrogens with one attached hydrogen (secondary N) is 1. The van der Waals surface area contributed by atoms with E-state index in [0.29, 0.717) is 24.8 Å². The number of rotatable bonds is 4. The monoisotopic (exact) mass is 282 g/mol. The maximum Gasteiger partial charge on any atom is 0.317 e. The van der Waals surface area contributed by atoms with E-state index >= 15 is 0 Å². The average molecular weight is 282 g/mol. The number of carbonyl (C=O) groups is 2. The molecule has 2 saturated carbocycles. The van der Waals surface area contributed by atoms with Crippen molar-refractivity contribution in [3.63, 3.8) is 0 Å². The van der Waals surface area contributed by atoms with Crippen molar-refractivity contribution in [2.75, 3.05) is 13.6 Å². The molecule has 2 amide bonds. The Balaban J connectivity index is 1.83. The van der Waals surface area contributed by atoms with Crippen LogP contribution in [-0.2, 0) is 4.79 Å². The molecule has 0 aromatic carbocycles. The number of hydrogen-bond donors (Lipinski definition) is 2. The summed E-state index contributed by atoms with van der Waals surface area (Å²) in [5, 5.41) is 12.1. The Hall–Kier alpha value is -1.26. The quantitative estimate of drug-likeness (QED) is 0.832. The second kappa shape index (κ2) is 6.02. The summed E-state index contributed by atoms with van der Waals surface area (Å²) in [5.41, 5.74) is -0.712. The Morgan fingerprint density at radius 3 is 2.50 bits per heavy atom. The molecule has 2 atom stereocenters. The van der Waals surface area contributed by atoms with Crippen LogP contribution in [0.1, 0.15) is 51.9 Å². The highest BCUT2D eigenvalue weighted by Gasteiger charge is 2.44. The molecule has 0 aromatic heterocycles. The molecule has 2 unspecified atom stereocenters. The van der Waals surface area contributed by atoms with Gasteiger partial charge in [-0.25, -0.2) is 4.79 Å². The minimum atomic E-state index is -0.780. The minimum absolute atomic E-state index is 0.128. The maximum atomic E-state index is 12.2. The Labute approximate surface area is 120 Å². The zero-order chi connectivity index (χ0) is 14.8. The van der Waals surface area contributed by atoms with Gasteiger partial charge in [0.05, 0.1) is 5.41 Å². The predicted octanol–water partition coefficient (Wildman–Crippen LogP) is 2.46. The summed E-state index contributed by atoms with van der Waals surface area (Å²) in [6, 6.07) is 0.164. The smallest absolute Gasteiger partial charge is 0.317 e. The summed E-state index contributed by atoms with van der Waals surface area (Å²) in [7, 11) is 1.83. The van der Waals surface area contributed by atoms with Crippen molar-refractivity contribution in [2.24, 2.45) is 11.3 Å². The first-order chi connectivity index (χ1) is 9.44. The van der Waals surface area contributed by atoms with E-state index in [9.17, 15) is 14.7 Å². The molecule has 0 saturated heterocycles. The van der Waals surface area contributed by atoms with Crippen molar-refractivity contribution in [1.82, 2.24) is 10.2 Å². The third-order valence-electron chi connectivity index (χ3n) is 5.12. The first kappa shape index (κ1) is 15.1. The zero-order valence-electron chi connectivity index (χ0n) is 12.5. The van der Waals surface area contributed by atoms with Crippen molar-refractivity contribution in [2.45, 2.75) is 57.9 Å². The van der Waals surface area contributed by atoms with Crippen LogP contribution in [-0.4, -0.2) is 41.6 Å². The lowest BCUT2D eigenvalue weighted by molar-refractivity contribution is -0.153. The number of carboxylic acids is 1. The molecular weight excluding hydrogens is 256 g/mol. The van der Waals surface area contributed by atoms with Crippen LogP contribution in [0.25, 0.3) is 0 Å². The van der Waals surface area contributed by atoms with Crippen LogP contribution in [0.4, 0.5) is 4.79 Å². The number of carbonyl (C=O) groups excluding carboxylic acids is 1. The Morgan fingerprint density at radius 1 is 1.30 bits per heavy atom. The molecule has 2 aliphatic carbocycles. The van der Waals surface area contributed by atoms with Crippen molar-refractivity contribution < 1.29 is 14.7 Å². The summed E-state index contributed by atoms with van der Waals surface area (Å²) in [6.45, 7) is 2.49. The van der Waals surface area contributed by atoms with E-state index in [0.717, 1.165) is 19.3 Å². The van der Waals surface area contributed by atoms with Crippen LogP contribution in [0.5, 0.6) is 0 Å². The van der Waals surface area contributed by atoms with E-state index in [-0.39, 0.29) is 12.6 Å². The Bertz CT molecular complexity index is 379. The first-order valence-corrected chi connectivity index (χ1v) is 7.69. The molecule has 0 aliphatic heterocycles. The van der Waals surface area contributed by atoms with E-state index in [1.807, 2.05) is 7.05 Å². The van der Waals surface area contributed by atoms with Crippen molar-refractivity contribution in [3.8, 4) is 0 Å². The number of aliphatic carboxylic acids is 1. The highest BCUT2D eigenvalue weighted by Crippen LogP contribution is 2.40. The first-order valence-electron chi connectivity index (χ1n) is 7.69. The van der Waals surface area contributed by atoms with E-state index in [2.05, 4.69) is 12.2 Å². The van der Waals surface area contributed by atoms with Crippen molar-refractivity contribution >= 4 is 12.0 Å². The van der Waals surface area contributed by atoms with Gasteiger partial charge in [0.15, 0.2) is 0 Å². The average Bonchev–Trinajstić information content (AvgIpc) is 2.35. The van der Waals surface area contributed by atoms with Gasteiger partial charge in [-0.15, -0.1) is 0 Å². The maximum absolute atomic E-state index is 12.2. The van der Waals surface area contributed by atoms with Crippen LogP contribution in [0.15, 0.2) is 0 Å². The molecule has 0 aromatic rings. The number of hydrogen-bond acceptors (Lipinski definition) is 2. The van der Waals surface area contributed by atoms with Crippen LogP contribution in [0.2, 0.25) is 0 Å². The highest BCUT2D eigenvalue weighted by molar-refractivity contribution is 5.79. The Kier molecular flexibility index (Phi) is 4.55. The second-order valence-corrected chi connectivity index (χ2v) is 6.63. The van der Waals surface area contributed by atoms with Gasteiger partial charge >= 0.3 is 12.0 Å². The van der Waals surface area contributed by atoms with Crippen LogP contribution < -0.4 is 5.32 Å². The third-order valence-corrected chi connectivity index (χ3v) is 5.12. The van der Waals surface area contributed by atoms with Gasteiger partial charge in [-0.05, 0) is 31.6 Å². The highest BCUT2D eigenvalue weighted by atomic mass is 16.4. The van der Waals surface area contributed by atoms with Gasteiger partial charge in [-0.3, -0.25) is 4.79 Å². The summed E-state index contributed by atoms with van der Waals surface area (Å²) < 4.78 is 0. The van der Waals surface area contributed by atoms with Crippen molar-refractivity contribution in [3.05, 3.63) is 0 Å². The fourth-order valence-corrected chi connectivity index (χ4v) is 3.36. The van der Waals surface area contributed by atoms with Gasteiger partial charge in [0.25, 0.3) is 0 Å². The normalized spacial score (nSPS) is 28.3. The zero-order valence-corrected chi connectivity index (χ0v) is 12.5. The molecule has 2 N–H and O–H groups in total. The van der Waals surface area contributed by atoms with E-state index in [4.69, 9.17) is 0 Å². The second-order valence-electron chi connectivity index (χ2n) is 6.63. The van der Waals surface area contributed by atoms with Gasteiger partial charge in [0.2, 0.25) is 0 Å². The number of carboxylic acid groups (broad SMARTS) is 1. The lowest BCUT2D eigenvalue weighted by Gasteiger charge is -2.39. The molecular formula is C15H26N2O3. The topological polar surface area (TPSA) is 69.6 Å². The summed E-state index contributed by atoms with van der Waals surface area (Å²) in [4.78, 5) is 25.2. The van der Waals surface area contributed by atoms with Gasteiger partial charge in [0, 0.05) is 19.6 Å². The van der Waals surface area contributed by atoms with Gasteiger partial charge < -0.3 is 15.3 Å². The van der Waals surface area contributed by atoms with E-state index in [1.54, 1.807) is 4.90 Å². The molecule has 20 heavy (non-hydrogen) atoms. The number of urea groups is 1. The van der Waals surface area contributed by atoms with Crippen molar-refractivity contribution in [1.29, 1.82) is 0 Å². The predicted molar refractivity (Wildman–Crippen MR) is 76.5 cm³/mol. The largest absolute Gasteiger partial charge is 0.481 e. The molecule has 0 radical (unpaired) electrons. The standard InChI is InChI=1S/C15H26N2O3/c1-11-5-3-6-12(9-11)17(2)14(20)16-10-15(13(18)19)7-4-8-15/h11-12H,3-10H2,1-2H3,(H,16,20)(H,18,19). The minimum Gasteiger partial charge on any atom is -0.481 e. The molecule has 114 valence electrons.